The first-order chi connectivity index (χ1) is 8.27. The molecule has 88 valence electrons. The smallest absolute Gasteiger partial charge is 0.112 e. The molecule has 1 aromatic carbocycles. The summed E-state index contributed by atoms with van der Waals surface area (Å²) in [5.41, 5.74) is 1.84. The normalized spacial score (nSPS) is 12.4. The molecule has 2 nitrogen and oxygen atoms in total. The number of rotatable bonds is 6. The topological polar surface area (TPSA) is 18.5 Å². The summed E-state index contributed by atoms with van der Waals surface area (Å²) in [6.07, 6.45) is 4.10. The van der Waals surface area contributed by atoms with E-state index < -0.39 is 0 Å². The van der Waals surface area contributed by atoms with Gasteiger partial charge in [-0.3, -0.25) is 0 Å². The average molecular weight is 228 g/mol. The third-order valence-electron chi connectivity index (χ3n) is 2.33. The van der Waals surface area contributed by atoms with Gasteiger partial charge in [-0.25, -0.2) is 0 Å². The summed E-state index contributed by atoms with van der Waals surface area (Å²) < 4.78 is 10.5. The molecule has 0 amide bonds. The van der Waals surface area contributed by atoms with Gasteiger partial charge >= 0.3 is 0 Å². The number of methoxy groups -OCH3 is 1. The molecule has 1 aromatic rings. The second-order valence-electron chi connectivity index (χ2n) is 3.55. The molecule has 0 N–H and O–H groups in total. The van der Waals surface area contributed by atoms with Gasteiger partial charge in [-0.2, -0.15) is 0 Å². The molecule has 3 heteroatoms. The van der Waals surface area contributed by atoms with Crippen molar-refractivity contribution in [3.8, 4) is 0 Å². The molecule has 0 aromatic heterocycles. The van der Waals surface area contributed by atoms with Gasteiger partial charge in [-0.1, -0.05) is 42.7 Å². The van der Waals surface area contributed by atoms with Crippen molar-refractivity contribution in [3.05, 3.63) is 59.5 Å². The maximum absolute atomic E-state index is 5.77. The fourth-order valence-electron chi connectivity index (χ4n) is 1.31. The molecule has 0 unspecified atom stereocenters. The Morgan fingerprint density at radius 3 is 2.59 bits per heavy atom. The van der Waals surface area contributed by atoms with Gasteiger partial charge in [0, 0.05) is 6.08 Å². The van der Waals surface area contributed by atoms with Gasteiger partial charge in [0.1, 0.15) is 20.2 Å². The molecule has 2 radical (unpaired) electrons. The van der Waals surface area contributed by atoms with E-state index in [0.29, 0.717) is 17.8 Å². The fourth-order valence-corrected chi connectivity index (χ4v) is 1.31. The molecule has 0 saturated carbocycles. The summed E-state index contributed by atoms with van der Waals surface area (Å²) >= 11 is 0. The van der Waals surface area contributed by atoms with E-state index in [-0.39, 0.29) is 0 Å². The van der Waals surface area contributed by atoms with E-state index in [0.717, 1.165) is 12.0 Å². The minimum Gasteiger partial charge on any atom is -0.498 e. The predicted octanol–water partition coefficient (Wildman–Crippen LogP) is 3.15. The Labute approximate surface area is 104 Å². The minimum absolute atomic E-state index is 0.542. The van der Waals surface area contributed by atoms with Crippen LogP contribution in [0.15, 0.2) is 53.9 Å². The second kappa shape index (κ2) is 7.61. The maximum Gasteiger partial charge on any atom is 0.112 e. The van der Waals surface area contributed by atoms with Gasteiger partial charge in [0.15, 0.2) is 0 Å². The van der Waals surface area contributed by atoms with Crippen LogP contribution in [0.4, 0.5) is 0 Å². The van der Waals surface area contributed by atoms with Crippen molar-refractivity contribution in [2.24, 2.45) is 0 Å². The van der Waals surface area contributed by atoms with Crippen LogP contribution in [0.3, 0.4) is 0 Å². The quantitative estimate of drug-likeness (QED) is 0.423. The van der Waals surface area contributed by atoms with Gasteiger partial charge < -0.3 is 9.47 Å². The average Bonchev–Trinajstić information content (AvgIpc) is 2.39. The van der Waals surface area contributed by atoms with Gasteiger partial charge in [-0.15, -0.1) is 0 Å². The Morgan fingerprint density at radius 1 is 1.29 bits per heavy atom. The van der Waals surface area contributed by atoms with E-state index >= 15 is 0 Å². The molecule has 17 heavy (non-hydrogen) atoms. The molecule has 0 aliphatic heterocycles. The zero-order valence-electron chi connectivity index (χ0n) is 10.3. The van der Waals surface area contributed by atoms with Crippen LogP contribution in [-0.2, 0) is 16.1 Å². The van der Waals surface area contributed by atoms with E-state index in [1.54, 1.807) is 19.4 Å². The van der Waals surface area contributed by atoms with Crippen LogP contribution in [0.2, 0.25) is 0 Å². The van der Waals surface area contributed by atoms with Crippen LogP contribution < -0.4 is 0 Å². The standard InChI is InChI=1S/C14H17BO2/c1-3-13(15)14(16-2)9-10-17-11-12-7-5-4-6-8-12/h4-10H,3,11H2,1-2H3/b10-9+,14-13+. The van der Waals surface area contributed by atoms with Crippen molar-refractivity contribution in [2.75, 3.05) is 7.11 Å². The highest BCUT2D eigenvalue weighted by Crippen LogP contribution is 2.08. The first-order valence-electron chi connectivity index (χ1n) is 5.62. The monoisotopic (exact) mass is 228 g/mol. The summed E-state index contributed by atoms with van der Waals surface area (Å²) in [5, 5.41) is 0. The molecule has 0 aliphatic rings. The van der Waals surface area contributed by atoms with Crippen molar-refractivity contribution >= 4 is 7.85 Å². The Morgan fingerprint density at radius 2 is 2.00 bits per heavy atom. The number of hydrogen-bond donors (Lipinski definition) is 0. The molecule has 0 atom stereocenters. The molecule has 0 bridgehead atoms. The van der Waals surface area contributed by atoms with Crippen molar-refractivity contribution in [1.29, 1.82) is 0 Å². The third kappa shape index (κ3) is 4.81. The van der Waals surface area contributed by atoms with E-state index in [1.165, 1.54) is 0 Å². The Hall–Kier alpha value is -1.64. The summed E-state index contributed by atoms with van der Waals surface area (Å²) in [4.78, 5) is 0. The Bertz CT molecular complexity index is 382. The number of benzene rings is 1. The lowest BCUT2D eigenvalue weighted by Crippen LogP contribution is -1.92. The Balaban J connectivity index is 2.45. The van der Waals surface area contributed by atoms with Crippen LogP contribution >= 0.6 is 0 Å². The summed E-state index contributed by atoms with van der Waals surface area (Å²) in [6, 6.07) is 9.98. The molecule has 0 heterocycles. The van der Waals surface area contributed by atoms with E-state index in [1.807, 2.05) is 37.3 Å². The first-order valence-corrected chi connectivity index (χ1v) is 5.62. The molecule has 0 spiro atoms. The van der Waals surface area contributed by atoms with Crippen LogP contribution in [0.1, 0.15) is 18.9 Å². The van der Waals surface area contributed by atoms with Crippen LogP contribution in [0.5, 0.6) is 0 Å². The maximum atomic E-state index is 5.77. The second-order valence-corrected chi connectivity index (χ2v) is 3.55. The lowest BCUT2D eigenvalue weighted by Gasteiger charge is -2.05. The fraction of sp³-hybridized carbons (Fsp3) is 0.286. The lowest BCUT2D eigenvalue weighted by molar-refractivity contribution is 0.232. The highest BCUT2D eigenvalue weighted by atomic mass is 16.5. The molecule has 1 rings (SSSR count). The molecule has 0 aliphatic carbocycles. The molecular formula is C14H17BO2. The molecule has 0 fully saturated rings. The van der Waals surface area contributed by atoms with E-state index in [4.69, 9.17) is 17.3 Å². The predicted molar refractivity (Wildman–Crippen MR) is 70.5 cm³/mol. The van der Waals surface area contributed by atoms with E-state index in [9.17, 15) is 0 Å². The highest BCUT2D eigenvalue weighted by molar-refractivity contribution is 6.22. The van der Waals surface area contributed by atoms with Gasteiger partial charge in [0.25, 0.3) is 0 Å². The van der Waals surface area contributed by atoms with Gasteiger partial charge in [0.05, 0.1) is 13.4 Å². The molecule has 0 saturated heterocycles. The zero-order valence-corrected chi connectivity index (χ0v) is 10.3. The van der Waals surface area contributed by atoms with Crippen molar-refractivity contribution in [3.63, 3.8) is 0 Å². The van der Waals surface area contributed by atoms with Crippen LogP contribution in [-0.4, -0.2) is 15.0 Å². The van der Waals surface area contributed by atoms with Crippen LogP contribution in [0.25, 0.3) is 0 Å². The number of allylic oxidation sites excluding steroid dienone is 2. The highest BCUT2D eigenvalue weighted by Gasteiger charge is 1.95. The van der Waals surface area contributed by atoms with Gasteiger partial charge in [0.2, 0.25) is 0 Å². The number of hydrogen-bond acceptors (Lipinski definition) is 2. The number of ether oxygens (including phenoxy) is 2. The van der Waals surface area contributed by atoms with Crippen LogP contribution in [0, 0.1) is 0 Å². The summed E-state index contributed by atoms with van der Waals surface area (Å²) in [5.74, 6) is 0.653. The lowest BCUT2D eigenvalue weighted by atomic mass is 9.92. The minimum atomic E-state index is 0.542. The SMILES string of the molecule is [B]/C(CC)=C(\C=C\OCc1ccccc1)OC. The third-order valence-corrected chi connectivity index (χ3v) is 2.33. The Kier molecular flexibility index (Phi) is 6.01. The summed E-state index contributed by atoms with van der Waals surface area (Å²) in [6.45, 7) is 2.52. The van der Waals surface area contributed by atoms with Crippen molar-refractivity contribution in [2.45, 2.75) is 20.0 Å². The molecular weight excluding hydrogens is 211 g/mol. The van der Waals surface area contributed by atoms with E-state index in [2.05, 4.69) is 0 Å². The zero-order chi connectivity index (χ0) is 12.5. The van der Waals surface area contributed by atoms with Gasteiger partial charge in [-0.05, 0) is 12.0 Å². The summed E-state index contributed by atoms with van der Waals surface area (Å²) in [7, 11) is 7.37. The van der Waals surface area contributed by atoms with Crippen molar-refractivity contribution < 1.29 is 9.47 Å². The largest absolute Gasteiger partial charge is 0.498 e. The van der Waals surface area contributed by atoms with Crippen molar-refractivity contribution in [1.82, 2.24) is 0 Å². The first kappa shape index (κ1) is 13.4.